The first-order valence-electron chi connectivity index (χ1n) is 7.85. The van der Waals surface area contributed by atoms with Crippen molar-refractivity contribution in [1.82, 2.24) is 14.8 Å². The van der Waals surface area contributed by atoms with Gasteiger partial charge in [-0.05, 0) is 45.1 Å². The fourth-order valence-electron chi connectivity index (χ4n) is 2.98. The van der Waals surface area contributed by atoms with E-state index in [0.717, 1.165) is 10.9 Å². The standard InChI is InChI=1S/C17H21N3S/c1-11-7-12(2)9-13(8-11)10-21-17-19-18-16(14-3-4-14)20(17)15-5-6-15/h7-9,14-15H,3-6,10H2,1-2H3. The molecule has 2 aliphatic carbocycles. The van der Waals surface area contributed by atoms with Crippen LogP contribution >= 0.6 is 11.8 Å². The number of thioether (sulfide) groups is 1. The quantitative estimate of drug-likeness (QED) is 0.767. The summed E-state index contributed by atoms with van der Waals surface area (Å²) in [5.41, 5.74) is 4.07. The maximum atomic E-state index is 4.48. The van der Waals surface area contributed by atoms with Crippen molar-refractivity contribution in [2.45, 2.75) is 62.4 Å². The molecule has 0 atom stereocenters. The van der Waals surface area contributed by atoms with Crippen molar-refractivity contribution in [1.29, 1.82) is 0 Å². The number of aryl methyl sites for hydroxylation is 2. The number of benzene rings is 1. The van der Waals surface area contributed by atoms with Gasteiger partial charge in [0.2, 0.25) is 0 Å². The minimum atomic E-state index is 0.678. The van der Waals surface area contributed by atoms with E-state index in [2.05, 4.69) is 46.8 Å². The second-order valence-corrected chi connectivity index (χ2v) is 7.44. The molecular weight excluding hydrogens is 278 g/mol. The molecule has 0 aliphatic heterocycles. The molecule has 0 unspecified atom stereocenters. The third-order valence-electron chi connectivity index (χ3n) is 4.19. The topological polar surface area (TPSA) is 30.7 Å². The highest BCUT2D eigenvalue weighted by molar-refractivity contribution is 7.98. The van der Waals surface area contributed by atoms with Crippen LogP contribution in [0.25, 0.3) is 0 Å². The smallest absolute Gasteiger partial charge is 0.191 e. The monoisotopic (exact) mass is 299 g/mol. The van der Waals surface area contributed by atoms with E-state index in [0.29, 0.717) is 12.0 Å². The van der Waals surface area contributed by atoms with Gasteiger partial charge in [-0.25, -0.2) is 0 Å². The lowest BCUT2D eigenvalue weighted by Crippen LogP contribution is -2.02. The van der Waals surface area contributed by atoms with Crippen LogP contribution in [-0.2, 0) is 5.75 Å². The van der Waals surface area contributed by atoms with Gasteiger partial charge in [0.15, 0.2) is 5.16 Å². The molecule has 1 aromatic heterocycles. The largest absolute Gasteiger partial charge is 0.303 e. The molecule has 0 radical (unpaired) electrons. The molecule has 3 nitrogen and oxygen atoms in total. The molecule has 2 aliphatic rings. The Hall–Kier alpha value is -1.29. The van der Waals surface area contributed by atoms with Gasteiger partial charge < -0.3 is 4.57 Å². The molecule has 0 bridgehead atoms. The highest BCUT2D eigenvalue weighted by atomic mass is 32.2. The average molecular weight is 299 g/mol. The molecule has 2 saturated carbocycles. The first kappa shape index (κ1) is 13.4. The van der Waals surface area contributed by atoms with E-state index in [-0.39, 0.29) is 0 Å². The van der Waals surface area contributed by atoms with Crippen molar-refractivity contribution >= 4 is 11.8 Å². The van der Waals surface area contributed by atoms with Gasteiger partial charge in [-0.15, -0.1) is 10.2 Å². The van der Waals surface area contributed by atoms with E-state index in [4.69, 9.17) is 0 Å². The highest BCUT2D eigenvalue weighted by Crippen LogP contribution is 2.46. The summed E-state index contributed by atoms with van der Waals surface area (Å²) in [6.07, 6.45) is 5.20. The van der Waals surface area contributed by atoms with Gasteiger partial charge in [-0.2, -0.15) is 0 Å². The molecule has 0 N–H and O–H groups in total. The summed E-state index contributed by atoms with van der Waals surface area (Å²) >= 11 is 1.84. The number of hydrogen-bond donors (Lipinski definition) is 0. The van der Waals surface area contributed by atoms with Gasteiger partial charge in [-0.1, -0.05) is 41.1 Å². The summed E-state index contributed by atoms with van der Waals surface area (Å²) in [4.78, 5) is 0. The molecule has 0 amide bonds. The van der Waals surface area contributed by atoms with Gasteiger partial charge in [-0.3, -0.25) is 0 Å². The molecule has 110 valence electrons. The molecule has 21 heavy (non-hydrogen) atoms. The number of hydrogen-bond acceptors (Lipinski definition) is 3. The Bertz CT molecular complexity index is 648. The molecule has 1 heterocycles. The first-order chi connectivity index (χ1) is 10.2. The van der Waals surface area contributed by atoms with Gasteiger partial charge in [0.25, 0.3) is 0 Å². The minimum Gasteiger partial charge on any atom is -0.303 e. The lowest BCUT2D eigenvalue weighted by atomic mass is 10.1. The Morgan fingerprint density at radius 2 is 1.76 bits per heavy atom. The maximum absolute atomic E-state index is 4.48. The molecule has 4 rings (SSSR count). The van der Waals surface area contributed by atoms with Gasteiger partial charge in [0, 0.05) is 17.7 Å². The van der Waals surface area contributed by atoms with Crippen LogP contribution in [0.1, 0.15) is 60.2 Å². The summed E-state index contributed by atoms with van der Waals surface area (Å²) in [7, 11) is 0. The molecule has 0 saturated heterocycles. The van der Waals surface area contributed by atoms with Crippen molar-refractivity contribution in [3.63, 3.8) is 0 Å². The van der Waals surface area contributed by atoms with E-state index in [1.54, 1.807) is 0 Å². The van der Waals surface area contributed by atoms with E-state index >= 15 is 0 Å². The second kappa shape index (κ2) is 5.16. The normalized spacial score (nSPS) is 18.2. The summed E-state index contributed by atoms with van der Waals surface area (Å²) < 4.78 is 2.44. The highest BCUT2D eigenvalue weighted by Gasteiger charge is 2.36. The Morgan fingerprint density at radius 1 is 1.05 bits per heavy atom. The van der Waals surface area contributed by atoms with Gasteiger partial charge in [0.05, 0.1) is 0 Å². The molecule has 0 spiro atoms. The van der Waals surface area contributed by atoms with E-state index in [1.165, 1.54) is 48.2 Å². The summed E-state index contributed by atoms with van der Waals surface area (Å²) in [5, 5.41) is 10.1. The van der Waals surface area contributed by atoms with Crippen molar-refractivity contribution in [3.8, 4) is 0 Å². The zero-order valence-electron chi connectivity index (χ0n) is 12.7. The third-order valence-corrected chi connectivity index (χ3v) is 5.21. The SMILES string of the molecule is Cc1cc(C)cc(CSc2nnc(C3CC3)n2C2CC2)c1. The Balaban J connectivity index is 1.54. The maximum Gasteiger partial charge on any atom is 0.191 e. The summed E-state index contributed by atoms with van der Waals surface area (Å²) in [6, 6.07) is 7.46. The lowest BCUT2D eigenvalue weighted by Gasteiger charge is -2.08. The molecule has 4 heteroatoms. The second-order valence-electron chi connectivity index (χ2n) is 6.50. The van der Waals surface area contributed by atoms with Crippen LogP contribution < -0.4 is 0 Å². The van der Waals surface area contributed by atoms with Crippen LogP contribution in [0.3, 0.4) is 0 Å². The van der Waals surface area contributed by atoms with Crippen LogP contribution in [0, 0.1) is 13.8 Å². The predicted octanol–water partition coefficient (Wildman–Crippen LogP) is 4.40. The van der Waals surface area contributed by atoms with Crippen molar-refractivity contribution < 1.29 is 0 Å². The number of nitrogens with zero attached hydrogens (tertiary/aromatic N) is 3. The zero-order chi connectivity index (χ0) is 14.4. The summed E-state index contributed by atoms with van der Waals surface area (Å²) in [6.45, 7) is 4.33. The Kier molecular flexibility index (Phi) is 3.29. The van der Waals surface area contributed by atoms with Crippen LogP contribution in [0.4, 0.5) is 0 Å². The third kappa shape index (κ3) is 2.86. The summed E-state index contributed by atoms with van der Waals surface area (Å²) in [5.74, 6) is 2.92. The van der Waals surface area contributed by atoms with Crippen molar-refractivity contribution in [2.75, 3.05) is 0 Å². The molecular formula is C17H21N3S. The number of rotatable bonds is 5. The van der Waals surface area contributed by atoms with Crippen LogP contribution in [-0.4, -0.2) is 14.8 Å². The molecule has 2 aromatic rings. The Labute approximate surface area is 130 Å². The number of aromatic nitrogens is 3. The van der Waals surface area contributed by atoms with Gasteiger partial charge >= 0.3 is 0 Å². The van der Waals surface area contributed by atoms with Crippen molar-refractivity contribution in [2.24, 2.45) is 0 Å². The van der Waals surface area contributed by atoms with Gasteiger partial charge in [0.1, 0.15) is 5.82 Å². The zero-order valence-corrected chi connectivity index (χ0v) is 13.5. The van der Waals surface area contributed by atoms with Crippen molar-refractivity contribution in [3.05, 3.63) is 40.7 Å². The van der Waals surface area contributed by atoms with E-state index in [1.807, 2.05) is 11.8 Å². The van der Waals surface area contributed by atoms with Crippen LogP contribution in [0.5, 0.6) is 0 Å². The van der Waals surface area contributed by atoms with E-state index in [9.17, 15) is 0 Å². The molecule has 1 aromatic carbocycles. The molecule has 2 fully saturated rings. The fraction of sp³-hybridized carbons (Fsp3) is 0.529. The lowest BCUT2D eigenvalue weighted by molar-refractivity contribution is 0.627. The van der Waals surface area contributed by atoms with E-state index < -0.39 is 0 Å². The minimum absolute atomic E-state index is 0.678. The average Bonchev–Trinajstić information content (AvgIpc) is 3.34. The Morgan fingerprint density at radius 3 is 2.38 bits per heavy atom. The van der Waals surface area contributed by atoms with Crippen LogP contribution in [0.15, 0.2) is 23.4 Å². The predicted molar refractivity (Wildman–Crippen MR) is 85.7 cm³/mol. The van der Waals surface area contributed by atoms with Crippen LogP contribution in [0.2, 0.25) is 0 Å². The fourth-order valence-corrected chi connectivity index (χ4v) is 3.93. The first-order valence-corrected chi connectivity index (χ1v) is 8.84.